The quantitative estimate of drug-likeness (QED) is 0.122. The van der Waals surface area contributed by atoms with Crippen LogP contribution in [-0.2, 0) is 45.5 Å². The van der Waals surface area contributed by atoms with Gasteiger partial charge < -0.3 is 16.0 Å². The Balaban J connectivity index is 1.28. The average molecular weight is 822 g/mol. The smallest absolute Gasteiger partial charge is 0.293 e. The van der Waals surface area contributed by atoms with Gasteiger partial charge in [0.1, 0.15) is 29.6 Å². The summed E-state index contributed by atoms with van der Waals surface area (Å²) in [5.74, 6) is -8.75. The molecule has 0 bridgehead atoms. The number of halogens is 7. The van der Waals surface area contributed by atoms with E-state index in [2.05, 4.69) is 30.9 Å². The summed E-state index contributed by atoms with van der Waals surface area (Å²) < 4.78 is 117. The van der Waals surface area contributed by atoms with Crippen LogP contribution in [0.1, 0.15) is 59.4 Å². The molecular formula is C35H30ClF6N9O4S. The Labute approximate surface area is 318 Å². The molecule has 4 heterocycles. The molecule has 0 spiro atoms. The third kappa shape index (κ3) is 6.47. The van der Waals surface area contributed by atoms with Crippen LogP contribution in [0.5, 0.6) is 0 Å². The number of sulfonamides is 1. The van der Waals surface area contributed by atoms with Crippen molar-refractivity contribution in [2.75, 3.05) is 28.2 Å². The standard InChI is InChI=1S/C35H30ClF6N9O4S/c1-50-30-17(4-6-21(36)27(30)34(48-50)49-56(2,54)55)19-11-23-33(43-12-24(52)45-23)46-28(19)22(9-14-7-15(37)10-16(38)8-14)44-25(53)13-51-31-26(29(47-51)32(39)40)18-3-5-20(18)35(31,41)42/h4,6-8,10-11,18,20,22,32H,3,5,9,12-13H2,1-2H3,(H,43,46)(H,44,53)(H,45,52)(H,48,49)/t18-,20+,22-/m0/s1. The predicted octanol–water partition coefficient (Wildman–Crippen LogP) is 6.14. The number of hydrogen-bond acceptors (Lipinski definition) is 8. The van der Waals surface area contributed by atoms with E-state index in [4.69, 9.17) is 16.6 Å². The van der Waals surface area contributed by atoms with Crippen LogP contribution >= 0.6 is 11.6 Å². The molecule has 3 aromatic heterocycles. The van der Waals surface area contributed by atoms with E-state index in [9.17, 15) is 35.6 Å². The molecule has 13 nitrogen and oxygen atoms in total. The van der Waals surface area contributed by atoms with Gasteiger partial charge in [-0.2, -0.15) is 19.0 Å². The van der Waals surface area contributed by atoms with Crippen molar-refractivity contribution in [2.24, 2.45) is 13.0 Å². The lowest BCUT2D eigenvalue weighted by atomic mass is 9.73. The molecule has 1 fully saturated rings. The second-order valence-electron chi connectivity index (χ2n) is 14.0. The van der Waals surface area contributed by atoms with E-state index in [-0.39, 0.29) is 81.4 Å². The maximum atomic E-state index is 15.6. The summed E-state index contributed by atoms with van der Waals surface area (Å²) in [5, 5.41) is 16.6. The first-order chi connectivity index (χ1) is 26.4. The number of fused-ring (bicyclic) bond motifs is 5. The van der Waals surface area contributed by atoms with Gasteiger partial charge in [0.2, 0.25) is 21.8 Å². The molecule has 2 aliphatic carbocycles. The van der Waals surface area contributed by atoms with Crippen LogP contribution in [-0.4, -0.2) is 57.6 Å². The number of rotatable bonds is 10. The van der Waals surface area contributed by atoms with E-state index in [0.29, 0.717) is 16.3 Å². The molecule has 4 N–H and O–H groups in total. The molecule has 0 unspecified atom stereocenters. The lowest BCUT2D eigenvalue weighted by molar-refractivity contribution is -0.123. The lowest BCUT2D eigenvalue weighted by Crippen LogP contribution is -2.36. The third-order valence-electron chi connectivity index (χ3n) is 10.2. The van der Waals surface area contributed by atoms with Crippen LogP contribution in [0.4, 0.5) is 43.7 Å². The highest BCUT2D eigenvalue weighted by molar-refractivity contribution is 7.92. The Hall–Kier alpha value is -5.37. The number of carbonyl (C=O) groups is 2. The molecule has 0 radical (unpaired) electrons. The molecule has 5 aromatic rings. The molecule has 1 saturated carbocycles. The van der Waals surface area contributed by atoms with Gasteiger partial charge in [-0.1, -0.05) is 17.7 Å². The van der Waals surface area contributed by atoms with Gasteiger partial charge in [-0.05, 0) is 55.0 Å². The minimum Gasteiger partial charge on any atom is -0.359 e. The van der Waals surface area contributed by atoms with Crippen LogP contribution in [0.15, 0.2) is 36.4 Å². The zero-order valence-corrected chi connectivity index (χ0v) is 30.8. The van der Waals surface area contributed by atoms with Gasteiger partial charge >= 0.3 is 0 Å². The summed E-state index contributed by atoms with van der Waals surface area (Å²) in [6, 6.07) is 5.90. The van der Waals surface area contributed by atoms with Crippen LogP contribution < -0.4 is 20.7 Å². The van der Waals surface area contributed by atoms with Gasteiger partial charge in [-0.25, -0.2) is 31.0 Å². The number of carbonyl (C=O) groups excluding carboxylic acids is 2. The predicted molar refractivity (Wildman–Crippen MR) is 192 cm³/mol. The van der Waals surface area contributed by atoms with Crippen molar-refractivity contribution in [3.05, 3.63) is 81.3 Å². The van der Waals surface area contributed by atoms with E-state index in [1.807, 2.05) is 0 Å². The Morgan fingerprint density at radius 3 is 2.46 bits per heavy atom. The Morgan fingerprint density at radius 1 is 1.07 bits per heavy atom. The molecule has 294 valence electrons. The fourth-order valence-electron chi connectivity index (χ4n) is 7.94. The van der Waals surface area contributed by atoms with Gasteiger partial charge in [0, 0.05) is 35.7 Å². The maximum absolute atomic E-state index is 15.6. The fraction of sp³-hybridized carbons (Fsp3) is 0.343. The number of aryl methyl sites for hydroxylation is 1. The number of nitrogens with zero attached hydrogens (tertiary/aromatic N) is 5. The van der Waals surface area contributed by atoms with Crippen molar-refractivity contribution in [3.8, 4) is 11.1 Å². The Kier molecular flexibility index (Phi) is 8.98. The third-order valence-corrected chi connectivity index (χ3v) is 11.1. The largest absolute Gasteiger partial charge is 0.359 e. The fourth-order valence-corrected chi connectivity index (χ4v) is 8.67. The highest BCUT2D eigenvalue weighted by Gasteiger charge is 2.62. The number of nitrogens with one attached hydrogen (secondary N) is 4. The summed E-state index contributed by atoms with van der Waals surface area (Å²) in [5.41, 5.74) is -0.751. The molecule has 3 aliphatic rings. The molecule has 1 aliphatic heterocycles. The number of alkyl halides is 4. The van der Waals surface area contributed by atoms with E-state index in [1.165, 1.54) is 23.9 Å². The van der Waals surface area contributed by atoms with Crippen molar-refractivity contribution in [1.82, 2.24) is 29.9 Å². The van der Waals surface area contributed by atoms with Crippen LogP contribution in [0.3, 0.4) is 0 Å². The van der Waals surface area contributed by atoms with E-state index >= 15 is 8.78 Å². The topological polar surface area (TPSA) is 165 Å². The average Bonchev–Trinajstić information content (AvgIpc) is 3.64. The first-order valence-corrected chi connectivity index (χ1v) is 19.4. The summed E-state index contributed by atoms with van der Waals surface area (Å²) in [4.78, 5) is 31.2. The zero-order chi connectivity index (χ0) is 40.0. The molecule has 21 heteroatoms. The monoisotopic (exact) mass is 821 g/mol. The molecule has 3 atom stereocenters. The lowest BCUT2D eigenvalue weighted by Gasteiger charge is -2.34. The van der Waals surface area contributed by atoms with E-state index in [0.717, 1.165) is 18.4 Å². The molecule has 56 heavy (non-hydrogen) atoms. The Morgan fingerprint density at radius 2 is 1.80 bits per heavy atom. The van der Waals surface area contributed by atoms with E-state index in [1.54, 1.807) is 6.07 Å². The minimum absolute atomic E-state index is 0.0372. The first-order valence-electron chi connectivity index (χ1n) is 17.1. The number of amides is 2. The number of benzene rings is 2. The van der Waals surface area contributed by atoms with Crippen LogP contribution in [0.2, 0.25) is 5.02 Å². The summed E-state index contributed by atoms with van der Waals surface area (Å²) in [6.45, 7) is -1.11. The normalized spacial score (nSPS) is 18.8. The SMILES string of the molecule is Cn1nc(NS(C)(=O)=O)c2c(Cl)ccc(-c3cc4c(nc3[C@H](Cc3cc(F)cc(F)c3)NC(=O)Cn3nc(C(F)F)c5c3C(F)(F)[C@@H]3CC[C@H]53)NCC(=O)N4)c21. The highest BCUT2D eigenvalue weighted by Crippen LogP contribution is 2.63. The first kappa shape index (κ1) is 37.5. The van der Waals surface area contributed by atoms with Crippen molar-refractivity contribution in [1.29, 1.82) is 0 Å². The van der Waals surface area contributed by atoms with Gasteiger partial charge in [0.05, 0.1) is 46.1 Å². The molecule has 2 aromatic carbocycles. The maximum Gasteiger partial charge on any atom is 0.293 e. The van der Waals surface area contributed by atoms with Crippen molar-refractivity contribution in [2.45, 2.75) is 50.1 Å². The van der Waals surface area contributed by atoms with Crippen LogP contribution in [0.25, 0.3) is 22.0 Å². The molecular weight excluding hydrogens is 792 g/mol. The number of aromatic nitrogens is 5. The number of pyridine rings is 1. The van der Waals surface area contributed by atoms with Gasteiger partial charge in [0.25, 0.3) is 12.3 Å². The second-order valence-corrected chi connectivity index (χ2v) is 16.2. The van der Waals surface area contributed by atoms with Crippen molar-refractivity contribution < 1.29 is 44.3 Å². The van der Waals surface area contributed by atoms with Crippen LogP contribution in [0, 0.1) is 17.6 Å². The molecule has 0 saturated heterocycles. The minimum atomic E-state index is -3.84. The van der Waals surface area contributed by atoms with Gasteiger partial charge in [-0.3, -0.25) is 23.7 Å². The summed E-state index contributed by atoms with van der Waals surface area (Å²) in [7, 11) is -2.33. The summed E-state index contributed by atoms with van der Waals surface area (Å²) >= 11 is 6.58. The highest BCUT2D eigenvalue weighted by atomic mass is 35.5. The van der Waals surface area contributed by atoms with Crippen molar-refractivity contribution in [3.63, 3.8) is 0 Å². The Bertz CT molecular complexity index is 2580. The summed E-state index contributed by atoms with van der Waals surface area (Å²) in [6.07, 6.45) is -2.19. The second kappa shape index (κ2) is 13.4. The zero-order valence-electron chi connectivity index (χ0n) is 29.2. The number of hydrogen-bond donors (Lipinski definition) is 4. The van der Waals surface area contributed by atoms with E-state index < -0.39 is 81.6 Å². The van der Waals surface area contributed by atoms with Crippen molar-refractivity contribution >= 4 is 61.7 Å². The molecule has 8 rings (SSSR count). The van der Waals surface area contributed by atoms with Gasteiger partial charge in [0.15, 0.2) is 11.6 Å². The van der Waals surface area contributed by atoms with Gasteiger partial charge in [-0.15, -0.1) is 0 Å². The molecule has 2 amide bonds. The number of anilines is 3.